The first-order chi connectivity index (χ1) is 6.79. The van der Waals surface area contributed by atoms with Gasteiger partial charge in [-0.05, 0) is 12.3 Å². The lowest BCUT2D eigenvalue weighted by atomic mass is 10.2. The van der Waals surface area contributed by atoms with Crippen LogP contribution in [0.1, 0.15) is 18.9 Å². The molecular formula is C10H14ClN3. The van der Waals surface area contributed by atoms with Crippen LogP contribution in [-0.4, -0.2) is 23.1 Å². The molecule has 1 unspecified atom stereocenters. The van der Waals surface area contributed by atoms with Gasteiger partial charge in [0.1, 0.15) is 0 Å². The second-order valence-corrected chi connectivity index (χ2v) is 4.13. The first-order valence-electron chi connectivity index (χ1n) is 4.91. The van der Waals surface area contributed by atoms with Crippen molar-refractivity contribution in [2.45, 2.75) is 19.2 Å². The molecule has 76 valence electrons. The first-order valence-corrected chi connectivity index (χ1v) is 5.45. The number of hydrogen-bond acceptors (Lipinski definition) is 3. The maximum Gasteiger partial charge on any atom is 0.225 e. The summed E-state index contributed by atoms with van der Waals surface area (Å²) in [6.07, 6.45) is 4.84. The minimum Gasteiger partial charge on any atom is -0.341 e. The third kappa shape index (κ3) is 1.98. The van der Waals surface area contributed by atoms with Crippen LogP contribution in [0.15, 0.2) is 12.4 Å². The molecule has 0 saturated carbocycles. The van der Waals surface area contributed by atoms with E-state index in [0.717, 1.165) is 30.5 Å². The molecule has 1 fully saturated rings. The number of alkyl halides is 1. The molecule has 4 heteroatoms. The molecule has 14 heavy (non-hydrogen) atoms. The molecule has 3 nitrogen and oxygen atoms in total. The van der Waals surface area contributed by atoms with Crippen molar-refractivity contribution in [3.63, 3.8) is 0 Å². The molecule has 0 bridgehead atoms. The van der Waals surface area contributed by atoms with Gasteiger partial charge in [-0.15, -0.1) is 11.6 Å². The number of rotatable bonds is 2. The fraction of sp³-hybridized carbons (Fsp3) is 0.600. The molecule has 1 aliphatic rings. The number of aromatic nitrogens is 2. The van der Waals surface area contributed by atoms with Gasteiger partial charge in [-0.2, -0.15) is 0 Å². The molecule has 0 N–H and O–H groups in total. The van der Waals surface area contributed by atoms with E-state index in [1.807, 2.05) is 0 Å². The van der Waals surface area contributed by atoms with Gasteiger partial charge in [0.25, 0.3) is 0 Å². The standard InChI is InChI=1S/C10H14ClN3/c1-8-2-3-14(7-8)10-12-5-9(4-11)6-13-10/h5-6,8H,2-4,7H2,1H3. The van der Waals surface area contributed by atoms with Crippen molar-refractivity contribution in [3.05, 3.63) is 18.0 Å². The van der Waals surface area contributed by atoms with Gasteiger partial charge in [-0.1, -0.05) is 6.92 Å². The highest BCUT2D eigenvalue weighted by Gasteiger charge is 2.20. The van der Waals surface area contributed by atoms with E-state index in [-0.39, 0.29) is 0 Å². The normalized spacial score (nSPS) is 21.6. The molecule has 1 aromatic rings. The van der Waals surface area contributed by atoms with Gasteiger partial charge in [0.05, 0.1) is 5.88 Å². The van der Waals surface area contributed by atoms with Gasteiger partial charge in [0, 0.05) is 31.0 Å². The molecule has 0 amide bonds. The van der Waals surface area contributed by atoms with Crippen LogP contribution < -0.4 is 4.90 Å². The highest BCUT2D eigenvalue weighted by Crippen LogP contribution is 2.19. The summed E-state index contributed by atoms with van der Waals surface area (Å²) in [5.41, 5.74) is 0.975. The average Bonchev–Trinajstić information content (AvgIpc) is 2.65. The second-order valence-electron chi connectivity index (χ2n) is 3.86. The SMILES string of the molecule is CC1CCN(c2ncc(CCl)cn2)C1. The van der Waals surface area contributed by atoms with Gasteiger partial charge >= 0.3 is 0 Å². The predicted octanol–water partition coefficient (Wildman–Crippen LogP) is 2.06. The summed E-state index contributed by atoms with van der Waals surface area (Å²) in [5.74, 6) is 2.07. The maximum atomic E-state index is 5.67. The van der Waals surface area contributed by atoms with Crippen LogP contribution >= 0.6 is 11.6 Å². The van der Waals surface area contributed by atoms with Crippen LogP contribution in [-0.2, 0) is 5.88 Å². The van der Waals surface area contributed by atoms with Crippen molar-refractivity contribution < 1.29 is 0 Å². The summed E-state index contributed by atoms with van der Waals surface area (Å²) in [7, 11) is 0. The van der Waals surface area contributed by atoms with Gasteiger partial charge in [0.15, 0.2) is 0 Å². The van der Waals surface area contributed by atoms with E-state index >= 15 is 0 Å². The summed E-state index contributed by atoms with van der Waals surface area (Å²) in [6.45, 7) is 4.40. The Morgan fingerprint density at radius 3 is 2.71 bits per heavy atom. The second kappa shape index (κ2) is 4.13. The largest absolute Gasteiger partial charge is 0.341 e. The van der Waals surface area contributed by atoms with Crippen LogP contribution in [0.4, 0.5) is 5.95 Å². The Bertz CT molecular complexity index is 299. The highest BCUT2D eigenvalue weighted by molar-refractivity contribution is 6.17. The molecular weight excluding hydrogens is 198 g/mol. The molecule has 1 aliphatic heterocycles. The smallest absolute Gasteiger partial charge is 0.225 e. The quantitative estimate of drug-likeness (QED) is 0.702. The highest BCUT2D eigenvalue weighted by atomic mass is 35.5. The first kappa shape index (κ1) is 9.71. The minimum atomic E-state index is 0.483. The third-order valence-corrected chi connectivity index (χ3v) is 2.86. The number of halogens is 1. The van der Waals surface area contributed by atoms with Crippen LogP contribution in [0.2, 0.25) is 0 Å². The van der Waals surface area contributed by atoms with Crippen molar-refractivity contribution in [3.8, 4) is 0 Å². The van der Waals surface area contributed by atoms with E-state index in [0.29, 0.717) is 5.88 Å². The zero-order chi connectivity index (χ0) is 9.97. The molecule has 0 spiro atoms. The van der Waals surface area contributed by atoms with Crippen molar-refractivity contribution >= 4 is 17.5 Å². The lowest BCUT2D eigenvalue weighted by molar-refractivity contribution is 0.658. The monoisotopic (exact) mass is 211 g/mol. The molecule has 1 atom stereocenters. The molecule has 1 saturated heterocycles. The van der Waals surface area contributed by atoms with Crippen molar-refractivity contribution in [2.24, 2.45) is 5.92 Å². The molecule has 1 aromatic heterocycles. The zero-order valence-electron chi connectivity index (χ0n) is 8.28. The van der Waals surface area contributed by atoms with Crippen LogP contribution in [0.5, 0.6) is 0 Å². The van der Waals surface area contributed by atoms with Gasteiger partial charge in [0.2, 0.25) is 5.95 Å². The van der Waals surface area contributed by atoms with Crippen LogP contribution in [0.25, 0.3) is 0 Å². The van der Waals surface area contributed by atoms with E-state index in [1.165, 1.54) is 6.42 Å². The molecule has 0 aromatic carbocycles. The topological polar surface area (TPSA) is 29.0 Å². The Labute approximate surface area is 89.1 Å². The van der Waals surface area contributed by atoms with Gasteiger partial charge in [-0.3, -0.25) is 0 Å². The van der Waals surface area contributed by atoms with Gasteiger partial charge in [-0.25, -0.2) is 9.97 Å². The Morgan fingerprint density at radius 1 is 1.50 bits per heavy atom. The minimum absolute atomic E-state index is 0.483. The fourth-order valence-corrected chi connectivity index (χ4v) is 1.83. The summed E-state index contributed by atoms with van der Waals surface area (Å²) < 4.78 is 0. The van der Waals surface area contributed by atoms with Crippen molar-refractivity contribution in [2.75, 3.05) is 18.0 Å². The Balaban J connectivity index is 2.09. The number of hydrogen-bond donors (Lipinski definition) is 0. The zero-order valence-corrected chi connectivity index (χ0v) is 9.04. The Kier molecular flexibility index (Phi) is 2.87. The van der Waals surface area contributed by atoms with E-state index in [1.54, 1.807) is 12.4 Å². The summed E-state index contributed by atoms with van der Waals surface area (Å²) in [6, 6.07) is 0. The van der Waals surface area contributed by atoms with Crippen molar-refractivity contribution in [1.82, 2.24) is 9.97 Å². The van der Waals surface area contributed by atoms with E-state index in [9.17, 15) is 0 Å². The van der Waals surface area contributed by atoms with Crippen LogP contribution in [0.3, 0.4) is 0 Å². The summed E-state index contributed by atoms with van der Waals surface area (Å²) in [5, 5.41) is 0. The van der Waals surface area contributed by atoms with E-state index in [2.05, 4.69) is 21.8 Å². The van der Waals surface area contributed by atoms with Gasteiger partial charge < -0.3 is 4.90 Å². The fourth-order valence-electron chi connectivity index (χ4n) is 1.70. The average molecular weight is 212 g/mol. The van der Waals surface area contributed by atoms with Crippen LogP contribution in [0, 0.1) is 5.92 Å². The van der Waals surface area contributed by atoms with E-state index < -0.39 is 0 Å². The van der Waals surface area contributed by atoms with Crippen molar-refractivity contribution in [1.29, 1.82) is 0 Å². The third-order valence-electron chi connectivity index (χ3n) is 2.55. The summed E-state index contributed by atoms with van der Waals surface area (Å²) >= 11 is 5.67. The molecule has 0 aliphatic carbocycles. The lowest BCUT2D eigenvalue weighted by Crippen LogP contribution is -2.21. The lowest BCUT2D eigenvalue weighted by Gasteiger charge is -2.15. The molecule has 2 heterocycles. The summed E-state index contributed by atoms with van der Waals surface area (Å²) in [4.78, 5) is 10.8. The molecule has 2 rings (SSSR count). The molecule has 0 radical (unpaired) electrons. The maximum absolute atomic E-state index is 5.67. The Morgan fingerprint density at radius 2 is 2.21 bits per heavy atom. The Hall–Kier alpha value is -0.830. The predicted molar refractivity (Wildman–Crippen MR) is 57.6 cm³/mol. The number of nitrogens with zero attached hydrogens (tertiary/aromatic N) is 3. The number of anilines is 1. The van der Waals surface area contributed by atoms with E-state index in [4.69, 9.17) is 11.6 Å².